The third-order valence-electron chi connectivity index (χ3n) is 3.48. The molecule has 0 saturated carbocycles. The molecule has 5 nitrogen and oxygen atoms in total. The number of hydrogen-bond donors (Lipinski definition) is 2. The summed E-state index contributed by atoms with van der Waals surface area (Å²) in [6.45, 7) is 2.51. The van der Waals surface area contributed by atoms with Gasteiger partial charge in [0.25, 0.3) is 5.91 Å². The van der Waals surface area contributed by atoms with Crippen molar-refractivity contribution < 1.29 is 14.6 Å². The second kappa shape index (κ2) is 6.72. The van der Waals surface area contributed by atoms with Gasteiger partial charge in [-0.1, -0.05) is 12.1 Å². The fourth-order valence-electron chi connectivity index (χ4n) is 2.35. The zero-order valence-electron chi connectivity index (χ0n) is 13.0. The molecule has 0 fully saturated rings. The maximum Gasteiger partial charge on any atom is 0.252 e. The largest absolute Gasteiger partial charge is 0.507 e. The Hall–Kier alpha value is -2.86. The van der Waals surface area contributed by atoms with Crippen LogP contribution in [0.5, 0.6) is 11.5 Å². The van der Waals surface area contributed by atoms with Crippen LogP contribution in [0.25, 0.3) is 21.8 Å². The number of phenols is 1. The number of rotatable bonds is 5. The van der Waals surface area contributed by atoms with Gasteiger partial charge in [0.05, 0.1) is 23.4 Å². The number of hydrogen-bond acceptors (Lipinski definition) is 5. The average molecular weight is 340 g/mol. The zero-order chi connectivity index (χ0) is 17.1. The Kier molecular flexibility index (Phi) is 4.48. The molecule has 24 heavy (non-hydrogen) atoms. The van der Waals surface area contributed by atoms with Crippen molar-refractivity contribution in [2.45, 2.75) is 6.92 Å². The van der Waals surface area contributed by atoms with E-state index >= 15 is 0 Å². The maximum absolute atomic E-state index is 11.4. The second-order valence-corrected chi connectivity index (χ2v) is 5.92. The summed E-state index contributed by atoms with van der Waals surface area (Å²) in [7, 11) is 0. The second-order valence-electron chi connectivity index (χ2n) is 5.06. The van der Waals surface area contributed by atoms with Crippen LogP contribution in [0.1, 0.15) is 17.3 Å². The molecule has 0 aliphatic rings. The van der Waals surface area contributed by atoms with Gasteiger partial charge in [-0.15, -0.1) is 11.3 Å². The number of primary amides is 1. The van der Waals surface area contributed by atoms with E-state index in [0.29, 0.717) is 12.3 Å². The van der Waals surface area contributed by atoms with Gasteiger partial charge in [0.2, 0.25) is 0 Å². The van der Waals surface area contributed by atoms with E-state index < -0.39 is 5.91 Å². The molecule has 3 aromatic rings. The predicted octanol–water partition coefficient (Wildman–Crippen LogP) is 3.68. The van der Waals surface area contributed by atoms with E-state index in [0.717, 1.165) is 21.9 Å². The van der Waals surface area contributed by atoms with Gasteiger partial charge in [-0.05, 0) is 37.3 Å². The van der Waals surface area contributed by atoms with Crippen molar-refractivity contribution in [1.29, 1.82) is 0 Å². The van der Waals surface area contributed by atoms with E-state index in [2.05, 4.69) is 4.98 Å². The lowest BCUT2D eigenvalue weighted by Gasteiger charge is -2.07. The molecule has 0 aliphatic heterocycles. The highest BCUT2D eigenvalue weighted by Crippen LogP contribution is 2.35. The van der Waals surface area contributed by atoms with Crippen LogP contribution in [-0.2, 0) is 0 Å². The molecule has 1 amide bonds. The molecule has 2 aromatic carbocycles. The molecule has 0 aliphatic carbocycles. The molecule has 1 aromatic heterocycles. The fourth-order valence-corrected chi connectivity index (χ4v) is 3.21. The maximum atomic E-state index is 11.4. The van der Waals surface area contributed by atoms with E-state index in [9.17, 15) is 9.90 Å². The number of thiazole rings is 1. The number of amides is 1. The number of ether oxygens (including phenoxy) is 1. The lowest BCUT2D eigenvalue weighted by Crippen LogP contribution is -2.11. The lowest BCUT2D eigenvalue weighted by atomic mass is 10.1. The molecule has 6 heteroatoms. The Morgan fingerprint density at radius 1 is 1.29 bits per heavy atom. The first-order chi connectivity index (χ1) is 11.6. The van der Waals surface area contributed by atoms with Gasteiger partial charge >= 0.3 is 0 Å². The van der Waals surface area contributed by atoms with Crippen LogP contribution >= 0.6 is 11.3 Å². The molecular formula is C18H16N2O3S. The van der Waals surface area contributed by atoms with E-state index in [-0.39, 0.29) is 11.3 Å². The van der Waals surface area contributed by atoms with Crippen LogP contribution in [0.4, 0.5) is 0 Å². The summed E-state index contributed by atoms with van der Waals surface area (Å²) in [5, 5.41) is 12.4. The van der Waals surface area contributed by atoms with Gasteiger partial charge in [0.1, 0.15) is 16.5 Å². The van der Waals surface area contributed by atoms with Crippen LogP contribution in [0.3, 0.4) is 0 Å². The van der Waals surface area contributed by atoms with Gasteiger partial charge in [-0.2, -0.15) is 0 Å². The SMILES string of the molecule is CCOc1ccccc1-c1nc(-c2ccc(O)c(C(N)=O)c2)cs1. The molecule has 0 saturated heterocycles. The molecule has 0 spiro atoms. The van der Waals surface area contributed by atoms with Gasteiger partial charge in [-0.25, -0.2) is 4.98 Å². The quantitative estimate of drug-likeness (QED) is 0.742. The van der Waals surface area contributed by atoms with Crippen LogP contribution in [-0.4, -0.2) is 22.6 Å². The van der Waals surface area contributed by atoms with E-state index in [1.165, 1.54) is 17.4 Å². The fraction of sp³-hybridized carbons (Fsp3) is 0.111. The average Bonchev–Trinajstić information content (AvgIpc) is 3.05. The zero-order valence-corrected chi connectivity index (χ0v) is 13.8. The molecule has 122 valence electrons. The smallest absolute Gasteiger partial charge is 0.252 e. The van der Waals surface area contributed by atoms with E-state index in [1.54, 1.807) is 12.1 Å². The third-order valence-corrected chi connectivity index (χ3v) is 4.35. The first-order valence-corrected chi connectivity index (χ1v) is 8.29. The van der Waals surface area contributed by atoms with Gasteiger partial charge in [0, 0.05) is 10.9 Å². The van der Waals surface area contributed by atoms with Crippen LogP contribution in [0, 0.1) is 0 Å². The molecule has 0 bridgehead atoms. The third kappa shape index (κ3) is 3.09. The van der Waals surface area contributed by atoms with E-state index in [1.807, 2.05) is 36.6 Å². The molecular weight excluding hydrogens is 324 g/mol. The molecule has 1 heterocycles. The van der Waals surface area contributed by atoms with Crippen molar-refractivity contribution in [3.8, 4) is 33.3 Å². The van der Waals surface area contributed by atoms with Crippen molar-refractivity contribution in [2.75, 3.05) is 6.61 Å². The Bertz CT molecular complexity index is 889. The van der Waals surface area contributed by atoms with Gasteiger partial charge in [0.15, 0.2) is 0 Å². The standard InChI is InChI=1S/C18H16N2O3S/c1-2-23-16-6-4-3-5-12(16)18-20-14(10-24-18)11-7-8-15(21)13(9-11)17(19)22/h3-10,21H,2H2,1H3,(H2,19,22). The number of para-hydroxylation sites is 1. The number of carbonyl (C=O) groups is 1. The highest BCUT2D eigenvalue weighted by molar-refractivity contribution is 7.13. The summed E-state index contributed by atoms with van der Waals surface area (Å²) >= 11 is 1.49. The molecule has 0 radical (unpaired) electrons. The number of aromatic nitrogens is 1. The van der Waals surface area contributed by atoms with Crippen molar-refractivity contribution in [1.82, 2.24) is 4.98 Å². The Morgan fingerprint density at radius 3 is 2.83 bits per heavy atom. The minimum Gasteiger partial charge on any atom is -0.507 e. The molecule has 3 N–H and O–H groups in total. The van der Waals surface area contributed by atoms with Crippen molar-refractivity contribution in [3.63, 3.8) is 0 Å². The summed E-state index contributed by atoms with van der Waals surface area (Å²) in [6, 6.07) is 12.4. The van der Waals surface area contributed by atoms with Crippen LogP contribution in [0.15, 0.2) is 47.8 Å². The normalized spacial score (nSPS) is 10.5. The number of nitrogens with zero attached hydrogens (tertiary/aromatic N) is 1. The van der Waals surface area contributed by atoms with Gasteiger partial charge in [-0.3, -0.25) is 4.79 Å². The minimum atomic E-state index is -0.675. The first-order valence-electron chi connectivity index (χ1n) is 7.41. The Labute approximate surface area is 143 Å². The number of aromatic hydroxyl groups is 1. The molecule has 0 unspecified atom stereocenters. The van der Waals surface area contributed by atoms with Crippen molar-refractivity contribution in [2.24, 2.45) is 5.73 Å². The summed E-state index contributed by atoms with van der Waals surface area (Å²) in [5.74, 6) is -0.0284. The minimum absolute atomic E-state index is 0.0803. The monoisotopic (exact) mass is 340 g/mol. The molecule has 3 rings (SSSR count). The van der Waals surface area contributed by atoms with Crippen LogP contribution < -0.4 is 10.5 Å². The number of benzene rings is 2. The predicted molar refractivity (Wildman–Crippen MR) is 94.3 cm³/mol. The molecule has 0 atom stereocenters. The lowest BCUT2D eigenvalue weighted by molar-refractivity contribution is 0.0998. The van der Waals surface area contributed by atoms with Crippen LogP contribution in [0.2, 0.25) is 0 Å². The summed E-state index contributed by atoms with van der Waals surface area (Å²) in [6.07, 6.45) is 0. The topological polar surface area (TPSA) is 85.4 Å². The van der Waals surface area contributed by atoms with Crippen molar-refractivity contribution >= 4 is 17.2 Å². The van der Waals surface area contributed by atoms with E-state index in [4.69, 9.17) is 10.5 Å². The summed E-state index contributed by atoms with van der Waals surface area (Å²) < 4.78 is 5.65. The Balaban J connectivity index is 2.00. The summed E-state index contributed by atoms with van der Waals surface area (Å²) in [5.41, 5.74) is 7.71. The summed E-state index contributed by atoms with van der Waals surface area (Å²) in [4.78, 5) is 16.0. The highest BCUT2D eigenvalue weighted by Gasteiger charge is 2.14. The number of carbonyl (C=O) groups excluding carboxylic acids is 1. The number of nitrogens with two attached hydrogens (primary N) is 1. The Morgan fingerprint density at radius 2 is 2.08 bits per heavy atom. The van der Waals surface area contributed by atoms with Crippen molar-refractivity contribution in [3.05, 3.63) is 53.4 Å². The highest BCUT2D eigenvalue weighted by atomic mass is 32.1. The first kappa shape index (κ1) is 16.0. The van der Waals surface area contributed by atoms with Gasteiger partial charge < -0.3 is 15.6 Å².